The van der Waals surface area contributed by atoms with Gasteiger partial charge in [0.1, 0.15) is 0 Å². The third-order valence-corrected chi connectivity index (χ3v) is 8.63. The van der Waals surface area contributed by atoms with Crippen molar-refractivity contribution < 1.29 is 0 Å². The molecular formula is C34H35N3. The average Bonchev–Trinajstić information content (AvgIpc) is 3.17. The van der Waals surface area contributed by atoms with Gasteiger partial charge in [0.25, 0.3) is 0 Å². The molecule has 186 valence electrons. The third kappa shape index (κ3) is 3.98. The minimum absolute atomic E-state index is 0.355. The van der Waals surface area contributed by atoms with Gasteiger partial charge in [-0.1, -0.05) is 72.8 Å². The smallest absolute Gasteiger partial charge is 0.0541 e. The van der Waals surface area contributed by atoms with E-state index in [9.17, 15) is 0 Å². The number of piperazine rings is 1. The van der Waals surface area contributed by atoms with Crippen LogP contribution in [0.15, 0.2) is 96.6 Å². The lowest BCUT2D eigenvalue weighted by Crippen LogP contribution is -2.46. The fraction of sp³-hybridized carbons (Fsp3) is 0.294. The van der Waals surface area contributed by atoms with Crippen molar-refractivity contribution in [3.63, 3.8) is 0 Å². The summed E-state index contributed by atoms with van der Waals surface area (Å²) in [7, 11) is 0. The molecule has 2 aliphatic carbocycles. The number of aryl methyl sites for hydroxylation is 1. The van der Waals surface area contributed by atoms with E-state index in [2.05, 4.69) is 112 Å². The topological polar surface area (TPSA) is 11.4 Å². The van der Waals surface area contributed by atoms with Gasteiger partial charge in [0.2, 0.25) is 0 Å². The predicted octanol–water partition coefficient (Wildman–Crippen LogP) is 7.35. The number of nitrogens with zero attached hydrogens (tertiary/aromatic N) is 3. The predicted molar refractivity (Wildman–Crippen MR) is 156 cm³/mol. The van der Waals surface area contributed by atoms with Gasteiger partial charge < -0.3 is 4.57 Å². The number of aromatic nitrogens is 1. The second kappa shape index (κ2) is 9.48. The highest BCUT2D eigenvalue weighted by Crippen LogP contribution is 2.39. The Labute approximate surface area is 220 Å². The van der Waals surface area contributed by atoms with E-state index in [1.165, 1.54) is 49.6 Å². The fourth-order valence-electron chi connectivity index (χ4n) is 6.77. The van der Waals surface area contributed by atoms with Crippen LogP contribution in [0.2, 0.25) is 0 Å². The van der Waals surface area contributed by atoms with Crippen molar-refractivity contribution in [3.05, 3.63) is 113 Å². The first-order valence-corrected chi connectivity index (χ1v) is 13.9. The summed E-state index contributed by atoms with van der Waals surface area (Å²) in [5.74, 6) is 0. The van der Waals surface area contributed by atoms with Crippen LogP contribution >= 0.6 is 0 Å². The van der Waals surface area contributed by atoms with E-state index in [1.54, 1.807) is 0 Å². The molecule has 1 saturated heterocycles. The summed E-state index contributed by atoms with van der Waals surface area (Å²) >= 11 is 0. The molecule has 0 saturated carbocycles. The Morgan fingerprint density at radius 2 is 1.62 bits per heavy atom. The van der Waals surface area contributed by atoms with Crippen molar-refractivity contribution in [2.45, 2.75) is 38.9 Å². The van der Waals surface area contributed by atoms with Gasteiger partial charge in [0, 0.05) is 61.1 Å². The molecule has 0 bridgehead atoms. The Morgan fingerprint density at radius 1 is 0.811 bits per heavy atom. The lowest BCUT2D eigenvalue weighted by atomic mass is 9.89. The van der Waals surface area contributed by atoms with Crippen LogP contribution in [0, 0.1) is 0 Å². The molecule has 0 radical (unpaired) electrons. The Kier molecular flexibility index (Phi) is 5.83. The molecule has 1 fully saturated rings. The molecule has 1 aromatic heterocycles. The minimum Gasteiger partial charge on any atom is -0.341 e. The zero-order valence-electron chi connectivity index (χ0n) is 21.7. The van der Waals surface area contributed by atoms with Crippen molar-refractivity contribution in [2.75, 3.05) is 26.2 Å². The number of para-hydroxylation sites is 1. The van der Waals surface area contributed by atoms with Crippen LogP contribution in [0.5, 0.6) is 0 Å². The van der Waals surface area contributed by atoms with Crippen molar-refractivity contribution in [3.8, 4) is 0 Å². The number of hydrogen-bond acceptors (Lipinski definition) is 2. The van der Waals surface area contributed by atoms with Gasteiger partial charge in [-0.15, -0.1) is 0 Å². The van der Waals surface area contributed by atoms with Gasteiger partial charge in [-0.3, -0.25) is 9.80 Å². The van der Waals surface area contributed by atoms with Gasteiger partial charge in [-0.25, -0.2) is 0 Å². The summed E-state index contributed by atoms with van der Waals surface area (Å²) in [5.41, 5.74) is 9.97. The molecule has 3 heteroatoms. The normalized spacial score (nSPS) is 20.4. The SMILES string of the molecule is CCn1c2ccccc2c2cc(CN3CCN(C4C=CC5=C(CCC=C5)c5ccccc54)CC3)ccc21. The van der Waals surface area contributed by atoms with Gasteiger partial charge in [0.15, 0.2) is 0 Å². The average molecular weight is 486 g/mol. The van der Waals surface area contributed by atoms with E-state index >= 15 is 0 Å². The summed E-state index contributed by atoms with van der Waals surface area (Å²) in [5, 5.41) is 2.76. The van der Waals surface area contributed by atoms with E-state index in [1.807, 2.05) is 0 Å². The second-order valence-electron chi connectivity index (χ2n) is 10.7. The standard InChI is InChI=1S/C34H35N3/c1-2-37-33-14-8-7-13-30(33)31-23-25(15-17-34(31)37)24-35-19-21-36(22-20-35)32-18-16-26-9-3-4-10-27(26)28-11-5-6-12-29(28)32/h3,5-9,11-18,23,32H,2,4,10,19-22,24H2,1H3. The summed E-state index contributed by atoms with van der Waals surface area (Å²) < 4.78 is 2.44. The van der Waals surface area contributed by atoms with Crippen LogP contribution in [0.3, 0.4) is 0 Å². The minimum atomic E-state index is 0.355. The van der Waals surface area contributed by atoms with Gasteiger partial charge in [-0.2, -0.15) is 0 Å². The number of allylic oxidation sites excluding steroid dienone is 5. The molecule has 3 nitrogen and oxygen atoms in total. The third-order valence-electron chi connectivity index (χ3n) is 8.63. The van der Waals surface area contributed by atoms with E-state index in [0.717, 1.165) is 52.1 Å². The first-order chi connectivity index (χ1) is 18.3. The monoisotopic (exact) mass is 485 g/mol. The summed E-state index contributed by atoms with van der Waals surface area (Å²) in [4.78, 5) is 5.32. The molecule has 3 aromatic carbocycles. The molecule has 3 aliphatic rings. The van der Waals surface area contributed by atoms with Crippen molar-refractivity contribution in [2.24, 2.45) is 0 Å². The molecule has 1 unspecified atom stereocenters. The first-order valence-electron chi connectivity index (χ1n) is 13.9. The molecule has 0 amide bonds. The van der Waals surface area contributed by atoms with Gasteiger partial charge in [0.05, 0.1) is 6.04 Å². The summed E-state index contributed by atoms with van der Waals surface area (Å²) in [6, 6.07) is 25.4. The zero-order valence-corrected chi connectivity index (χ0v) is 21.7. The number of hydrogen-bond donors (Lipinski definition) is 0. The maximum Gasteiger partial charge on any atom is 0.0541 e. The Hall–Kier alpha value is -3.40. The van der Waals surface area contributed by atoms with Crippen molar-refractivity contribution in [1.82, 2.24) is 14.4 Å². The fourth-order valence-corrected chi connectivity index (χ4v) is 6.77. The highest BCUT2D eigenvalue weighted by atomic mass is 15.3. The molecule has 7 rings (SSSR count). The Bertz CT molecular complexity index is 1560. The van der Waals surface area contributed by atoms with E-state index in [0.29, 0.717) is 6.04 Å². The van der Waals surface area contributed by atoms with Crippen LogP contribution in [0.4, 0.5) is 0 Å². The van der Waals surface area contributed by atoms with Gasteiger partial charge >= 0.3 is 0 Å². The summed E-state index contributed by atoms with van der Waals surface area (Å²) in [6.45, 7) is 8.67. The second-order valence-corrected chi connectivity index (χ2v) is 10.7. The van der Waals surface area contributed by atoms with Crippen LogP contribution < -0.4 is 0 Å². The zero-order chi connectivity index (χ0) is 24.8. The quantitative estimate of drug-likeness (QED) is 0.299. The largest absolute Gasteiger partial charge is 0.341 e. The van der Waals surface area contributed by atoms with Gasteiger partial charge in [-0.05, 0) is 65.8 Å². The van der Waals surface area contributed by atoms with Crippen LogP contribution in [-0.2, 0) is 13.1 Å². The number of benzene rings is 3. The number of rotatable bonds is 4. The molecule has 0 spiro atoms. The lowest BCUT2D eigenvalue weighted by molar-refractivity contribution is 0.107. The Morgan fingerprint density at radius 3 is 2.51 bits per heavy atom. The van der Waals surface area contributed by atoms with E-state index in [-0.39, 0.29) is 0 Å². The molecule has 2 heterocycles. The van der Waals surface area contributed by atoms with Crippen LogP contribution in [0.1, 0.15) is 42.5 Å². The van der Waals surface area contributed by atoms with E-state index in [4.69, 9.17) is 0 Å². The maximum atomic E-state index is 2.69. The van der Waals surface area contributed by atoms with Crippen LogP contribution in [-0.4, -0.2) is 40.5 Å². The number of fused-ring (bicyclic) bond motifs is 5. The highest BCUT2D eigenvalue weighted by Gasteiger charge is 2.28. The molecule has 1 aliphatic heterocycles. The molecular weight excluding hydrogens is 450 g/mol. The van der Waals surface area contributed by atoms with Crippen molar-refractivity contribution >= 4 is 27.4 Å². The molecule has 1 atom stereocenters. The summed E-state index contributed by atoms with van der Waals surface area (Å²) in [6.07, 6.45) is 11.8. The van der Waals surface area contributed by atoms with Crippen molar-refractivity contribution in [1.29, 1.82) is 0 Å². The molecule has 37 heavy (non-hydrogen) atoms. The molecule has 0 N–H and O–H groups in total. The van der Waals surface area contributed by atoms with E-state index < -0.39 is 0 Å². The first kappa shape index (κ1) is 22.8. The molecule has 4 aromatic rings. The maximum absolute atomic E-state index is 2.69. The highest BCUT2D eigenvalue weighted by molar-refractivity contribution is 6.08. The van der Waals surface area contributed by atoms with Crippen LogP contribution in [0.25, 0.3) is 27.4 Å². The Balaban J connectivity index is 1.09. The lowest BCUT2D eigenvalue weighted by Gasteiger charge is -2.39.